The normalized spacial score (nSPS) is 13.4. The van der Waals surface area contributed by atoms with Crippen molar-refractivity contribution in [1.29, 1.82) is 0 Å². The fraction of sp³-hybridized carbons (Fsp3) is 0. The number of amides is 3. The van der Waals surface area contributed by atoms with Crippen molar-refractivity contribution in [2.75, 3.05) is 16.1 Å². The molecule has 1 aliphatic heterocycles. The first-order valence-corrected chi connectivity index (χ1v) is 13.5. The molecule has 3 N–H and O–H groups in total. The molecule has 0 saturated carbocycles. The average molecular weight is 581 g/mol. The van der Waals surface area contributed by atoms with Crippen molar-refractivity contribution in [3.63, 3.8) is 0 Å². The SMILES string of the molecule is O=C(Nc1nc(NC(=O)c2ccccc2)nc(NN2C(=O)/C(=C\c3ccccc3)N=C2c2ccccc2)n1)c1ccccc1. The van der Waals surface area contributed by atoms with Gasteiger partial charge in [0, 0.05) is 16.7 Å². The first kappa shape index (κ1) is 27.7. The topological polar surface area (TPSA) is 142 Å². The van der Waals surface area contributed by atoms with Crippen LogP contribution < -0.4 is 16.1 Å². The Kier molecular flexibility index (Phi) is 7.91. The van der Waals surface area contributed by atoms with E-state index in [0.717, 1.165) is 5.56 Å². The quantitative estimate of drug-likeness (QED) is 0.219. The molecule has 2 heterocycles. The number of carbonyl (C=O) groups excluding carboxylic acids is 3. The number of hydrogen-bond acceptors (Lipinski definition) is 8. The zero-order chi connectivity index (χ0) is 30.3. The zero-order valence-electron chi connectivity index (χ0n) is 23.1. The van der Waals surface area contributed by atoms with Crippen LogP contribution in [-0.2, 0) is 4.79 Å². The largest absolute Gasteiger partial charge is 0.297 e. The van der Waals surface area contributed by atoms with E-state index >= 15 is 0 Å². The summed E-state index contributed by atoms with van der Waals surface area (Å²) in [5.74, 6) is -1.51. The predicted molar refractivity (Wildman–Crippen MR) is 166 cm³/mol. The highest BCUT2D eigenvalue weighted by atomic mass is 16.2. The smallest absolute Gasteiger partial charge is 0.290 e. The average Bonchev–Trinajstić information content (AvgIpc) is 3.36. The minimum absolute atomic E-state index is 0.121. The van der Waals surface area contributed by atoms with Crippen LogP contribution in [-0.4, -0.2) is 43.5 Å². The highest BCUT2D eigenvalue weighted by molar-refractivity contribution is 6.20. The molecule has 5 aromatic rings. The molecule has 1 aliphatic rings. The van der Waals surface area contributed by atoms with Crippen LogP contribution >= 0.6 is 0 Å². The monoisotopic (exact) mass is 580 g/mol. The molecule has 0 saturated heterocycles. The molecule has 4 aromatic carbocycles. The summed E-state index contributed by atoms with van der Waals surface area (Å²) < 4.78 is 0. The van der Waals surface area contributed by atoms with Crippen molar-refractivity contribution in [3.8, 4) is 0 Å². The Bertz CT molecular complexity index is 1810. The summed E-state index contributed by atoms with van der Waals surface area (Å²) in [6.07, 6.45) is 1.68. The van der Waals surface area contributed by atoms with Crippen LogP contribution in [0.15, 0.2) is 132 Å². The first-order chi connectivity index (χ1) is 21.5. The zero-order valence-corrected chi connectivity index (χ0v) is 23.1. The molecular formula is C33H24N8O3. The summed E-state index contributed by atoms with van der Waals surface area (Å²) in [5, 5.41) is 6.48. The predicted octanol–water partition coefficient (Wildman–Crippen LogP) is 5.03. The van der Waals surface area contributed by atoms with Crippen molar-refractivity contribution in [2.45, 2.75) is 0 Å². The van der Waals surface area contributed by atoms with Crippen LogP contribution in [0.25, 0.3) is 6.08 Å². The molecule has 0 fully saturated rings. The number of carbonyl (C=O) groups is 3. The molecule has 0 aliphatic carbocycles. The van der Waals surface area contributed by atoms with Gasteiger partial charge in [0.15, 0.2) is 5.84 Å². The summed E-state index contributed by atoms with van der Waals surface area (Å²) in [4.78, 5) is 57.0. The fourth-order valence-corrected chi connectivity index (χ4v) is 4.27. The van der Waals surface area contributed by atoms with Crippen LogP contribution in [0.2, 0.25) is 0 Å². The second kappa shape index (κ2) is 12.6. The summed E-state index contributed by atoms with van der Waals surface area (Å²) >= 11 is 0. The van der Waals surface area contributed by atoms with Crippen molar-refractivity contribution in [3.05, 3.63) is 149 Å². The van der Waals surface area contributed by atoms with Gasteiger partial charge in [0.2, 0.25) is 17.8 Å². The molecule has 214 valence electrons. The second-order valence-corrected chi connectivity index (χ2v) is 9.44. The van der Waals surface area contributed by atoms with E-state index in [0.29, 0.717) is 22.5 Å². The van der Waals surface area contributed by atoms with E-state index < -0.39 is 17.7 Å². The van der Waals surface area contributed by atoms with Crippen LogP contribution in [0.4, 0.5) is 17.8 Å². The number of anilines is 3. The van der Waals surface area contributed by atoms with Gasteiger partial charge in [-0.3, -0.25) is 30.4 Å². The summed E-state index contributed by atoms with van der Waals surface area (Å²) in [6, 6.07) is 35.5. The maximum Gasteiger partial charge on any atom is 0.297 e. The van der Waals surface area contributed by atoms with Crippen molar-refractivity contribution < 1.29 is 14.4 Å². The van der Waals surface area contributed by atoms with Crippen molar-refractivity contribution >= 4 is 47.5 Å². The molecule has 6 rings (SSSR count). The lowest BCUT2D eigenvalue weighted by atomic mass is 10.2. The van der Waals surface area contributed by atoms with Gasteiger partial charge in [-0.1, -0.05) is 97.1 Å². The molecule has 11 nitrogen and oxygen atoms in total. The molecule has 0 unspecified atom stereocenters. The van der Waals surface area contributed by atoms with Gasteiger partial charge >= 0.3 is 0 Å². The lowest BCUT2D eigenvalue weighted by Gasteiger charge is -2.19. The Hall–Kier alpha value is -6.49. The van der Waals surface area contributed by atoms with Gasteiger partial charge in [-0.05, 0) is 35.9 Å². The highest BCUT2D eigenvalue weighted by Gasteiger charge is 2.32. The van der Waals surface area contributed by atoms with E-state index in [9.17, 15) is 14.4 Å². The number of nitrogens with zero attached hydrogens (tertiary/aromatic N) is 5. The highest BCUT2D eigenvalue weighted by Crippen LogP contribution is 2.23. The third-order valence-electron chi connectivity index (χ3n) is 6.37. The standard InChI is InChI=1S/C33H24N8O3/c42-28(24-17-9-3-10-18-24)35-31-37-32(36-29(43)25-19-11-4-12-20-25)39-33(38-31)40-41-27(23-15-7-2-8-16-23)34-26(30(41)44)21-22-13-5-1-6-14-22/h1-21H,(H3,35,36,37,38,39,40,42,43)/b26-21+. The molecule has 1 aromatic heterocycles. The minimum Gasteiger partial charge on any atom is -0.290 e. The third kappa shape index (κ3) is 6.37. The Balaban J connectivity index is 1.35. The molecule has 3 amide bonds. The molecule has 44 heavy (non-hydrogen) atoms. The van der Waals surface area contributed by atoms with Gasteiger partial charge in [0.25, 0.3) is 17.7 Å². The Morgan fingerprint density at radius 1 is 0.591 bits per heavy atom. The molecule has 0 spiro atoms. The number of hydrazine groups is 1. The maximum absolute atomic E-state index is 13.7. The second-order valence-electron chi connectivity index (χ2n) is 9.44. The van der Waals surface area contributed by atoms with Gasteiger partial charge in [0.1, 0.15) is 5.70 Å². The van der Waals surface area contributed by atoms with Crippen LogP contribution in [0.5, 0.6) is 0 Å². The lowest BCUT2D eigenvalue weighted by molar-refractivity contribution is -0.121. The molecule has 0 radical (unpaired) electrons. The first-order valence-electron chi connectivity index (χ1n) is 13.5. The number of hydrogen-bond donors (Lipinski definition) is 3. The number of aromatic nitrogens is 3. The minimum atomic E-state index is -0.472. The number of rotatable bonds is 8. The lowest BCUT2D eigenvalue weighted by Crippen LogP contribution is -2.38. The summed E-state index contributed by atoms with van der Waals surface area (Å²) in [6.45, 7) is 0. The Labute approximate surface area is 252 Å². The number of amidine groups is 1. The van der Waals surface area contributed by atoms with Crippen LogP contribution in [0.3, 0.4) is 0 Å². The van der Waals surface area contributed by atoms with E-state index in [1.54, 1.807) is 66.7 Å². The van der Waals surface area contributed by atoms with E-state index in [4.69, 9.17) is 0 Å². The van der Waals surface area contributed by atoms with Crippen molar-refractivity contribution in [1.82, 2.24) is 20.0 Å². The molecule has 11 heteroatoms. The van der Waals surface area contributed by atoms with E-state index in [1.165, 1.54) is 5.01 Å². The van der Waals surface area contributed by atoms with Gasteiger partial charge in [-0.2, -0.15) is 20.0 Å². The van der Waals surface area contributed by atoms with Gasteiger partial charge in [-0.25, -0.2) is 4.99 Å². The summed E-state index contributed by atoms with van der Waals surface area (Å²) in [7, 11) is 0. The maximum atomic E-state index is 13.7. The molecule has 0 atom stereocenters. The Morgan fingerprint density at radius 3 is 1.57 bits per heavy atom. The van der Waals surface area contributed by atoms with Crippen molar-refractivity contribution in [2.24, 2.45) is 4.99 Å². The van der Waals surface area contributed by atoms with E-state index in [-0.39, 0.29) is 23.5 Å². The van der Waals surface area contributed by atoms with Gasteiger partial charge < -0.3 is 0 Å². The van der Waals surface area contributed by atoms with E-state index in [1.807, 2.05) is 60.7 Å². The molecular weight excluding hydrogens is 556 g/mol. The van der Waals surface area contributed by atoms with Crippen LogP contribution in [0.1, 0.15) is 31.8 Å². The number of aliphatic imine (C=N–C) groups is 1. The number of nitrogens with one attached hydrogen (secondary N) is 3. The molecule has 0 bridgehead atoms. The fourth-order valence-electron chi connectivity index (χ4n) is 4.27. The summed E-state index contributed by atoms with van der Waals surface area (Å²) in [5.41, 5.74) is 5.31. The van der Waals surface area contributed by atoms with Gasteiger partial charge in [0.05, 0.1) is 0 Å². The number of benzene rings is 4. The third-order valence-corrected chi connectivity index (χ3v) is 6.37. The van der Waals surface area contributed by atoms with Gasteiger partial charge in [-0.15, -0.1) is 0 Å². The van der Waals surface area contributed by atoms with Crippen LogP contribution in [0, 0.1) is 0 Å². The van der Waals surface area contributed by atoms with E-state index in [2.05, 4.69) is 36.0 Å². The Morgan fingerprint density at radius 2 is 1.05 bits per heavy atom.